The zero-order valence-electron chi connectivity index (χ0n) is 12.9. The molecule has 0 aromatic heterocycles. The second kappa shape index (κ2) is 11.3. The molecule has 10 heteroatoms. The molecule has 0 aliphatic heterocycles. The van der Waals surface area contributed by atoms with Crippen molar-refractivity contribution in [2.75, 3.05) is 0 Å². The van der Waals surface area contributed by atoms with Crippen LogP contribution >= 0.6 is 0 Å². The van der Waals surface area contributed by atoms with Crippen molar-refractivity contribution in [1.29, 1.82) is 0 Å². The van der Waals surface area contributed by atoms with Crippen LogP contribution in [0.25, 0.3) is 0 Å². The average molecular weight is 458 g/mol. The normalized spacial score (nSPS) is 12.9. The molecule has 0 saturated heterocycles. The minimum absolute atomic E-state index is 0. The molecule has 0 saturated carbocycles. The van der Waals surface area contributed by atoms with E-state index >= 15 is 0 Å². The van der Waals surface area contributed by atoms with E-state index in [1.54, 1.807) is 0 Å². The van der Waals surface area contributed by atoms with E-state index in [-0.39, 0.29) is 22.4 Å². The summed E-state index contributed by atoms with van der Waals surface area (Å²) < 4.78 is 68.1. The van der Waals surface area contributed by atoms with Crippen LogP contribution in [0.1, 0.15) is 20.8 Å². The number of halogens is 6. The summed E-state index contributed by atoms with van der Waals surface area (Å²) in [6.45, 7) is 10.8. The molecule has 0 rings (SSSR count). The van der Waals surface area contributed by atoms with Gasteiger partial charge in [-0.1, -0.05) is 45.8 Å². The molecule has 0 atom stereocenters. The maximum Gasteiger partial charge on any atom is 0.454 e. The number of allylic oxidation sites excluding steroid dienone is 2. The van der Waals surface area contributed by atoms with Crippen LogP contribution in [0, 0.1) is 13.0 Å². The molecule has 0 aromatic rings. The number of ketones is 1. The molecule has 0 unspecified atom stereocenters. The second-order valence-electron chi connectivity index (χ2n) is 4.52. The third-order valence-electron chi connectivity index (χ3n) is 3.38. The van der Waals surface area contributed by atoms with Crippen molar-refractivity contribution in [3.8, 4) is 0 Å². The van der Waals surface area contributed by atoms with Crippen molar-refractivity contribution in [2.45, 2.75) is 51.3 Å². The summed E-state index contributed by atoms with van der Waals surface area (Å²) in [5, 5.41) is 7.93. The van der Waals surface area contributed by atoms with Crippen LogP contribution < -0.4 is 0 Å². The maximum atomic E-state index is 11.4. The Morgan fingerprint density at radius 3 is 1.48 bits per heavy atom. The van der Waals surface area contributed by atoms with Gasteiger partial charge in [-0.3, -0.25) is 4.79 Å². The quantitative estimate of drug-likeness (QED) is 0.267. The summed E-state index contributed by atoms with van der Waals surface area (Å²) in [7, 11) is -0.927. The van der Waals surface area contributed by atoms with Crippen LogP contribution in [0.3, 0.4) is 0 Å². The zero-order valence-corrected chi connectivity index (χ0v) is 15.4. The third-order valence-corrected chi connectivity index (χ3v) is 8.47. The summed E-state index contributed by atoms with van der Waals surface area (Å²) in [6, 6.07) is 6.34. The van der Waals surface area contributed by atoms with Gasteiger partial charge in [-0.2, -0.15) is 26.3 Å². The predicted octanol–water partition coefficient (Wildman–Crippen LogP) is 5.19. The van der Waals surface area contributed by atoms with Gasteiger partial charge in [-0.05, 0) is 6.04 Å². The molecule has 0 bridgehead atoms. The predicted molar refractivity (Wildman–Crippen MR) is 74.7 cm³/mol. The Hall–Kier alpha value is -0.253. The van der Waals surface area contributed by atoms with Crippen LogP contribution in [0.2, 0.25) is 18.1 Å². The van der Waals surface area contributed by atoms with Gasteiger partial charge >= 0.3 is 12.4 Å². The third kappa shape index (κ3) is 11.0. The first-order valence-electron chi connectivity index (χ1n) is 6.52. The second-order valence-corrected chi connectivity index (χ2v) is 9.77. The van der Waals surface area contributed by atoms with Gasteiger partial charge < -0.3 is 5.11 Å². The standard InChI is InChI=1S/C8H18Si.C5H2F6O2.Ag/c1-5-9(6-2,7-3)8-4;6-4(7,8)2(12)1-3(13)5(9,10)11;/h5H,1,6-8H2,2-4H3;1,12H;. The number of hydrogen-bond acceptors (Lipinski definition) is 2. The van der Waals surface area contributed by atoms with Gasteiger partial charge in [0, 0.05) is 28.5 Å². The summed E-state index contributed by atoms with van der Waals surface area (Å²) in [6.07, 6.45) is -11.7. The Labute approximate surface area is 148 Å². The van der Waals surface area contributed by atoms with Gasteiger partial charge in [0.25, 0.3) is 5.78 Å². The van der Waals surface area contributed by atoms with E-state index in [0.717, 1.165) is 0 Å². The molecule has 0 amide bonds. The number of rotatable bonds is 5. The van der Waals surface area contributed by atoms with E-state index in [1.807, 2.05) is 0 Å². The first kappa shape index (κ1) is 27.6. The maximum absolute atomic E-state index is 11.4. The summed E-state index contributed by atoms with van der Waals surface area (Å²) in [4.78, 5) is 9.86. The fourth-order valence-corrected chi connectivity index (χ4v) is 3.84. The van der Waals surface area contributed by atoms with Gasteiger partial charge in [0.1, 0.15) is 0 Å². The van der Waals surface area contributed by atoms with Crippen molar-refractivity contribution in [2.24, 2.45) is 0 Å². The Bertz CT molecular complexity index is 358. The summed E-state index contributed by atoms with van der Waals surface area (Å²) in [5.74, 6) is -5.34. The van der Waals surface area contributed by atoms with Crippen LogP contribution in [0.4, 0.5) is 26.3 Å². The fraction of sp³-hybridized carbons (Fsp3) is 0.615. The molecule has 0 aliphatic carbocycles. The van der Waals surface area contributed by atoms with Crippen molar-refractivity contribution in [3.05, 3.63) is 24.8 Å². The first-order chi connectivity index (χ1) is 9.79. The van der Waals surface area contributed by atoms with E-state index in [2.05, 4.69) is 33.7 Å². The SMILES string of the molecule is O=C(C=C(O)C(F)(F)F)C(F)(F)F.[Ag].[CH2][CH][Si](CC)(CC)CC. The molecule has 0 spiro atoms. The minimum atomic E-state index is -5.42. The topological polar surface area (TPSA) is 37.3 Å². The summed E-state index contributed by atoms with van der Waals surface area (Å²) in [5.41, 5.74) is 0. The molecule has 141 valence electrons. The largest absolute Gasteiger partial charge is 0.504 e. The molecule has 2 nitrogen and oxygen atoms in total. The molecule has 3 radical (unpaired) electrons. The molecule has 0 aliphatic rings. The number of carbonyl (C=O) groups excluding carboxylic acids is 1. The zero-order chi connectivity index (χ0) is 18.2. The van der Waals surface area contributed by atoms with E-state index in [9.17, 15) is 31.1 Å². The molecule has 23 heavy (non-hydrogen) atoms. The minimum Gasteiger partial charge on any atom is -0.504 e. The first-order valence-corrected chi connectivity index (χ1v) is 9.22. The number of alkyl halides is 6. The van der Waals surface area contributed by atoms with Crippen LogP contribution in [-0.2, 0) is 27.2 Å². The number of carbonyl (C=O) groups is 1. The smallest absolute Gasteiger partial charge is 0.454 e. The monoisotopic (exact) mass is 457 g/mol. The number of hydrogen-bond donors (Lipinski definition) is 1. The van der Waals surface area contributed by atoms with Gasteiger partial charge in [0.2, 0.25) is 5.76 Å². The molecular weight excluding hydrogens is 438 g/mol. The molecular formula is C13H20AgF6O2Si. The Kier molecular flexibility index (Phi) is 13.6. The average Bonchev–Trinajstić information content (AvgIpc) is 2.40. The molecule has 0 fully saturated rings. The van der Waals surface area contributed by atoms with Gasteiger partial charge in [0.15, 0.2) is 0 Å². The van der Waals surface area contributed by atoms with Gasteiger partial charge in [0.05, 0.1) is 8.07 Å². The van der Waals surface area contributed by atoms with Crippen LogP contribution in [-0.4, -0.2) is 31.3 Å². The fourth-order valence-electron chi connectivity index (χ4n) is 1.47. The van der Waals surface area contributed by atoms with Gasteiger partial charge in [-0.15, -0.1) is 0 Å². The Morgan fingerprint density at radius 1 is 1.00 bits per heavy atom. The molecule has 1 N–H and O–H groups in total. The molecule has 0 heterocycles. The number of aliphatic hydroxyl groups is 1. The molecule has 0 aromatic carbocycles. The van der Waals surface area contributed by atoms with E-state index in [0.29, 0.717) is 0 Å². The van der Waals surface area contributed by atoms with Crippen molar-refractivity contribution < 1.29 is 58.6 Å². The number of aliphatic hydroxyl groups excluding tert-OH is 1. The van der Waals surface area contributed by atoms with Gasteiger partial charge in [-0.25, -0.2) is 0 Å². The van der Waals surface area contributed by atoms with Crippen molar-refractivity contribution in [3.63, 3.8) is 0 Å². The summed E-state index contributed by atoms with van der Waals surface area (Å²) >= 11 is 0. The Balaban J connectivity index is -0.000000354. The Morgan fingerprint density at radius 2 is 1.35 bits per heavy atom. The van der Waals surface area contributed by atoms with Crippen molar-refractivity contribution in [1.82, 2.24) is 0 Å². The van der Waals surface area contributed by atoms with Crippen LogP contribution in [0.15, 0.2) is 11.8 Å². The van der Waals surface area contributed by atoms with E-state index in [1.165, 1.54) is 18.1 Å². The van der Waals surface area contributed by atoms with E-state index in [4.69, 9.17) is 5.11 Å². The van der Waals surface area contributed by atoms with Crippen molar-refractivity contribution >= 4 is 13.9 Å². The van der Waals surface area contributed by atoms with E-state index < -0.39 is 38.0 Å². The van der Waals surface area contributed by atoms with Crippen LogP contribution in [0.5, 0.6) is 0 Å².